The van der Waals surface area contributed by atoms with Gasteiger partial charge in [-0.2, -0.15) is 0 Å². The molecule has 22 heavy (non-hydrogen) atoms. The van der Waals surface area contributed by atoms with Gasteiger partial charge in [-0.05, 0) is 12.1 Å². The molecule has 0 atom stereocenters. The smallest absolute Gasteiger partial charge is 0.225 e. The van der Waals surface area contributed by atoms with E-state index in [9.17, 15) is 4.79 Å². The molecule has 0 aliphatic carbocycles. The molecule has 5 heteroatoms. The van der Waals surface area contributed by atoms with E-state index in [1.807, 2.05) is 47.8 Å². The first-order valence-electron chi connectivity index (χ1n) is 7.02. The fourth-order valence-corrected chi connectivity index (χ4v) is 2.84. The predicted octanol–water partition coefficient (Wildman–Crippen LogP) is 3.78. The van der Waals surface area contributed by atoms with Crippen molar-refractivity contribution >= 4 is 23.1 Å². The molecule has 0 bridgehead atoms. The molecule has 1 amide bonds. The average Bonchev–Trinajstić information content (AvgIpc) is 3.04. The van der Waals surface area contributed by atoms with E-state index < -0.39 is 0 Å². The summed E-state index contributed by atoms with van der Waals surface area (Å²) >= 11 is 1.59. The van der Waals surface area contributed by atoms with Gasteiger partial charge in [0.1, 0.15) is 5.82 Å². The molecule has 3 aromatic rings. The molecule has 0 saturated heterocycles. The predicted molar refractivity (Wildman–Crippen MR) is 88.7 cm³/mol. The van der Waals surface area contributed by atoms with Gasteiger partial charge in [-0.3, -0.25) is 4.79 Å². The lowest BCUT2D eigenvalue weighted by Gasteiger charge is -2.02. The highest BCUT2D eigenvalue weighted by molar-refractivity contribution is 7.09. The number of carbonyl (C=O) groups is 1. The number of rotatable bonds is 5. The SMILES string of the molecule is O=C(CCc1nc(-c2ccccc2)cs1)Nc1ccccn1. The van der Waals surface area contributed by atoms with E-state index in [-0.39, 0.29) is 5.91 Å². The van der Waals surface area contributed by atoms with Gasteiger partial charge in [0.2, 0.25) is 5.91 Å². The number of nitrogens with zero attached hydrogens (tertiary/aromatic N) is 2. The van der Waals surface area contributed by atoms with Crippen molar-refractivity contribution in [2.75, 3.05) is 5.32 Å². The minimum atomic E-state index is -0.0461. The number of aromatic nitrogens is 2. The monoisotopic (exact) mass is 309 g/mol. The molecule has 0 saturated carbocycles. The second kappa shape index (κ2) is 6.95. The quantitative estimate of drug-likeness (QED) is 0.780. The van der Waals surface area contributed by atoms with E-state index in [4.69, 9.17) is 0 Å². The Bertz CT molecular complexity index is 741. The molecule has 0 radical (unpaired) electrons. The number of amides is 1. The van der Waals surface area contributed by atoms with Crippen LogP contribution in [0, 0.1) is 0 Å². The van der Waals surface area contributed by atoms with E-state index >= 15 is 0 Å². The average molecular weight is 309 g/mol. The zero-order valence-corrected chi connectivity index (χ0v) is 12.7. The molecule has 0 unspecified atom stereocenters. The normalized spacial score (nSPS) is 10.4. The molecule has 1 N–H and O–H groups in total. The van der Waals surface area contributed by atoms with Gasteiger partial charge in [0, 0.05) is 30.0 Å². The molecule has 0 aliphatic rings. The molecule has 0 fully saturated rings. The van der Waals surface area contributed by atoms with Crippen LogP contribution in [-0.2, 0) is 11.2 Å². The fraction of sp³-hybridized carbons (Fsp3) is 0.118. The fourth-order valence-electron chi connectivity index (χ4n) is 2.03. The molecule has 3 rings (SSSR count). The van der Waals surface area contributed by atoms with Crippen molar-refractivity contribution in [3.63, 3.8) is 0 Å². The lowest BCUT2D eigenvalue weighted by atomic mass is 10.2. The topological polar surface area (TPSA) is 54.9 Å². The maximum atomic E-state index is 11.9. The molecule has 4 nitrogen and oxygen atoms in total. The highest BCUT2D eigenvalue weighted by Crippen LogP contribution is 2.22. The summed E-state index contributed by atoms with van der Waals surface area (Å²) in [6.07, 6.45) is 2.69. The number of carbonyl (C=O) groups excluding carboxylic acids is 1. The molecule has 1 aromatic carbocycles. The Morgan fingerprint density at radius 3 is 2.68 bits per heavy atom. The van der Waals surface area contributed by atoms with E-state index in [0.29, 0.717) is 18.7 Å². The Hall–Kier alpha value is -2.53. The number of anilines is 1. The number of hydrogen-bond acceptors (Lipinski definition) is 4. The summed E-state index contributed by atoms with van der Waals surface area (Å²) in [5.41, 5.74) is 2.06. The lowest BCUT2D eigenvalue weighted by molar-refractivity contribution is -0.116. The summed E-state index contributed by atoms with van der Waals surface area (Å²) < 4.78 is 0. The van der Waals surface area contributed by atoms with Gasteiger partial charge in [0.05, 0.1) is 10.7 Å². The lowest BCUT2D eigenvalue weighted by Crippen LogP contribution is -2.13. The van der Waals surface area contributed by atoms with Gasteiger partial charge in [0.25, 0.3) is 0 Å². The molecule has 110 valence electrons. The third kappa shape index (κ3) is 3.77. The minimum absolute atomic E-state index is 0.0461. The summed E-state index contributed by atoms with van der Waals surface area (Å²) in [6, 6.07) is 15.5. The summed E-state index contributed by atoms with van der Waals surface area (Å²) in [6.45, 7) is 0. The Labute approximate surface area is 132 Å². The summed E-state index contributed by atoms with van der Waals surface area (Å²) in [4.78, 5) is 20.5. The number of hydrogen-bond donors (Lipinski definition) is 1. The Morgan fingerprint density at radius 2 is 1.91 bits per heavy atom. The van der Waals surface area contributed by atoms with Crippen LogP contribution in [0.2, 0.25) is 0 Å². The van der Waals surface area contributed by atoms with Crippen molar-refractivity contribution in [3.8, 4) is 11.3 Å². The highest BCUT2D eigenvalue weighted by Gasteiger charge is 2.08. The third-order valence-electron chi connectivity index (χ3n) is 3.12. The van der Waals surface area contributed by atoms with E-state index in [2.05, 4.69) is 15.3 Å². The molecular formula is C17H15N3OS. The zero-order chi connectivity index (χ0) is 15.2. The molecule has 2 aromatic heterocycles. The van der Waals surface area contributed by atoms with E-state index in [0.717, 1.165) is 16.3 Å². The maximum absolute atomic E-state index is 11.9. The van der Waals surface area contributed by atoms with E-state index in [1.165, 1.54) is 0 Å². The van der Waals surface area contributed by atoms with Crippen molar-refractivity contribution in [3.05, 3.63) is 65.1 Å². The van der Waals surface area contributed by atoms with Crippen LogP contribution in [0.3, 0.4) is 0 Å². The zero-order valence-electron chi connectivity index (χ0n) is 11.9. The second-order valence-electron chi connectivity index (χ2n) is 4.76. The Balaban J connectivity index is 1.56. The van der Waals surface area contributed by atoms with Crippen LogP contribution in [0.5, 0.6) is 0 Å². The van der Waals surface area contributed by atoms with Crippen LogP contribution in [0.1, 0.15) is 11.4 Å². The van der Waals surface area contributed by atoms with Crippen LogP contribution in [0.25, 0.3) is 11.3 Å². The molecule has 0 spiro atoms. The number of thiazole rings is 1. The highest BCUT2D eigenvalue weighted by atomic mass is 32.1. The van der Waals surface area contributed by atoms with Crippen molar-refractivity contribution < 1.29 is 4.79 Å². The second-order valence-corrected chi connectivity index (χ2v) is 5.70. The minimum Gasteiger partial charge on any atom is -0.311 e. The van der Waals surface area contributed by atoms with E-state index in [1.54, 1.807) is 23.6 Å². The van der Waals surface area contributed by atoms with Gasteiger partial charge < -0.3 is 5.32 Å². The first-order valence-corrected chi connectivity index (χ1v) is 7.90. The standard InChI is InChI=1S/C17H15N3OS/c21-16(20-15-8-4-5-11-18-15)9-10-17-19-14(12-22-17)13-6-2-1-3-7-13/h1-8,11-12H,9-10H2,(H,18,20,21). The summed E-state index contributed by atoms with van der Waals surface area (Å²) in [7, 11) is 0. The van der Waals surface area contributed by atoms with Crippen molar-refractivity contribution in [1.82, 2.24) is 9.97 Å². The largest absolute Gasteiger partial charge is 0.311 e. The van der Waals surface area contributed by atoms with Crippen LogP contribution >= 0.6 is 11.3 Å². The Morgan fingerprint density at radius 1 is 1.09 bits per heavy atom. The van der Waals surface area contributed by atoms with Crippen molar-refractivity contribution in [1.29, 1.82) is 0 Å². The van der Waals surface area contributed by atoms with Gasteiger partial charge in [-0.1, -0.05) is 36.4 Å². The van der Waals surface area contributed by atoms with Crippen LogP contribution in [0.4, 0.5) is 5.82 Å². The number of pyridine rings is 1. The van der Waals surface area contributed by atoms with Gasteiger partial charge in [0.15, 0.2) is 0 Å². The van der Waals surface area contributed by atoms with Crippen LogP contribution in [0.15, 0.2) is 60.1 Å². The maximum Gasteiger partial charge on any atom is 0.225 e. The number of nitrogens with one attached hydrogen (secondary N) is 1. The van der Waals surface area contributed by atoms with Crippen molar-refractivity contribution in [2.45, 2.75) is 12.8 Å². The summed E-state index contributed by atoms with van der Waals surface area (Å²) in [5, 5.41) is 5.77. The first-order chi connectivity index (χ1) is 10.8. The summed E-state index contributed by atoms with van der Waals surface area (Å²) in [5.74, 6) is 0.534. The van der Waals surface area contributed by atoms with Gasteiger partial charge >= 0.3 is 0 Å². The van der Waals surface area contributed by atoms with Gasteiger partial charge in [-0.25, -0.2) is 9.97 Å². The van der Waals surface area contributed by atoms with Gasteiger partial charge in [-0.15, -0.1) is 11.3 Å². The third-order valence-corrected chi connectivity index (χ3v) is 4.03. The first kappa shape index (κ1) is 14.4. The molecule has 0 aliphatic heterocycles. The van der Waals surface area contributed by atoms with Crippen molar-refractivity contribution in [2.24, 2.45) is 0 Å². The van der Waals surface area contributed by atoms with Crippen LogP contribution in [-0.4, -0.2) is 15.9 Å². The number of aryl methyl sites for hydroxylation is 1. The molecule has 2 heterocycles. The van der Waals surface area contributed by atoms with Crippen LogP contribution < -0.4 is 5.32 Å². The number of benzene rings is 1. The molecular weight excluding hydrogens is 294 g/mol. The Kier molecular flexibility index (Phi) is 4.56.